The zero-order valence-electron chi connectivity index (χ0n) is 13.3. The number of halogens is 1. The highest BCUT2D eigenvalue weighted by Crippen LogP contribution is 2.27. The standard InChI is InChI=1S/C17H22INO3S/c1-2-22-16(20)7-5-6-13(18)12-15-14(8-11-23-15)17(21)19-9-3-4-10-19/h8,11-12H,2-7,9-10H2,1H3/b13-12-. The van der Waals surface area contributed by atoms with Gasteiger partial charge in [0.1, 0.15) is 0 Å². The molecule has 1 amide bonds. The lowest BCUT2D eigenvalue weighted by Crippen LogP contribution is -2.27. The summed E-state index contributed by atoms with van der Waals surface area (Å²) in [4.78, 5) is 26.8. The zero-order chi connectivity index (χ0) is 16.7. The fourth-order valence-corrected chi connectivity index (χ4v) is 4.30. The van der Waals surface area contributed by atoms with Gasteiger partial charge in [0.25, 0.3) is 5.91 Å². The summed E-state index contributed by atoms with van der Waals surface area (Å²) in [7, 11) is 0. The van der Waals surface area contributed by atoms with Gasteiger partial charge in [-0.25, -0.2) is 0 Å². The number of likely N-dealkylation sites (tertiary alicyclic amines) is 1. The van der Waals surface area contributed by atoms with E-state index in [2.05, 4.69) is 28.7 Å². The van der Waals surface area contributed by atoms with Crippen LogP contribution in [0, 0.1) is 0 Å². The first-order valence-corrected chi connectivity index (χ1v) is 9.96. The van der Waals surface area contributed by atoms with Crippen molar-refractivity contribution in [1.29, 1.82) is 0 Å². The number of esters is 1. The van der Waals surface area contributed by atoms with E-state index in [0.717, 1.165) is 52.8 Å². The number of hydrogen-bond acceptors (Lipinski definition) is 4. The first kappa shape index (κ1) is 18.4. The van der Waals surface area contributed by atoms with Gasteiger partial charge in [0.05, 0.1) is 12.2 Å². The molecule has 1 aromatic heterocycles. The largest absolute Gasteiger partial charge is 0.466 e. The molecule has 23 heavy (non-hydrogen) atoms. The Labute approximate surface area is 155 Å². The first-order valence-electron chi connectivity index (χ1n) is 8.00. The molecule has 1 aromatic rings. The molecule has 0 saturated carbocycles. The molecule has 0 aromatic carbocycles. The molecule has 0 unspecified atom stereocenters. The second-order valence-corrected chi connectivity index (χ2v) is 7.78. The van der Waals surface area contributed by atoms with Crippen LogP contribution in [-0.2, 0) is 9.53 Å². The van der Waals surface area contributed by atoms with Crippen molar-refractivity contribution in [1.82, 2.24) is 4.90 Å². The van der Waals surface area contributed by atoms with E-state index in [-0.39, 0.29) is 11.9 Å². The van der Waals surface area contributed by atoms with Crippen LogP contribution < -0.4 is 0 Å². The smallest absolute Gasteiger partial charge is 0.305 e. The van der Waals surface area contributed by atoms with Gasteiger partial charge in [0.15, 0.2) is 0 Å². The molecule has 126 valence electrons. The predicted molar refractivity (Wildman–Crippen MR) is 102 cm³/mol. The van der Waals surface area contributed by atoms with Crippen LogP contribution in [0.3, 0.4) is 0 Å². The van der Waals surface area contributed by atoms with Crippen molar-refractivity contribution in [3.8, 4) is 0 Å². The Morgan fingerprint density at radius 1 is 1.35 bits per heavy atom. The van der Waals surface area contributed by atoms with Crippen molar-refractivity contribution in [3.05, 3.63) is 25.5 Å². The zero-order valence-corrected chi connectivity index (χ0v) is 16.3. The van der Waals surface area contributed by atoms with E-state index in [0.29, 0.717) is 13.0 Å². The fourth-order valence-electron chi connectivity index (χ4n) is 2.55. The number of allylic oxidation sites excluding steroid dienone is 1. The maximum absolute atomic E-state index is 12.5. The van der Waals surface area contributed by atoms with Gasteiger partial charge >= 0.3 is 5.97 Å². The van der Waals surface area contributed by atoms with Gasteiger partial charge in [-0.1, -0.05) is 0 Å². The molecule has 0 N–H and O–H groups in total. The second-order valence-electron chi connectivity index (χ2n) is 5.45. The average molecular weight is 447 g/mol. The monoisotopic (exact) mass is 447 g/mol. The quantitative estimate of drug-likeness (QED) is 0.457. The van der Waals surface area contributed by atoms with Crippen LogP contribution in [-0.4, -0.2) is 36.5 Å². The van der Waals surface area contributed by atoms with E-state index in [9.17, 15) is 9.59 Å². The Hall–Kier alpha value is -0.890. The van der Waals surface area contributed by atoms with Gasteiger partial charge in [-0.2, -0.15) is 0 Å². The van der Waals surface area contributed by atoms with Gasteiger partial charge in [-0.05, 0) is 76.3 Å². The van der Waals surface area contributed by atoms with Crippen LogP contribution in [0.5, 0.6) is 0 Å². The SMILES string of the molecule is CCOC(=O)CCC/C(I)=C/c1sccc1C(=O)N1CCCC1. The summed E-state index contributed by atoms with van der Waals surface area (Å²) in [5.74, 6) is 0.00319. The number of nitrogens with zero attached hydrogens (tertiary/aromatic N) is 1. The first-order chi connectivity index (χ1) is 11.1. The van der Waals surface area contributed by atoms with Crippen LogP contribution >= 0.6 is 33.9 Å². The van der Waals surface area contributed by atoms with E-state index >= 15 is 0 Å². The average Bonchev–Trinajstić information content (AvgIpc) is 3.18. The Morgan fingerprint density at radius 3 is 2.78 bits per heavy atom. The minimum atomic E-state index is -0.141. The van der Waals surface area contributed by atoms with Gasteiger partial charge in [0, 0.05) is 24.4 Å². The molecule has 1 aliphatic rings. The summed E-state index contributed by atoms with van der Waals surface area (Å²) >= 11 is 3.88. The Kier molecular flexibility index (Phi) is 7.55. The molecule has 0 spiro atoms. The molecule has 1 saturated heterocycles. The molecule has 0 aliphatic carbocycles. The van der Waals surface area contributed by atoms with Crippen LogP contribution in [0.15, 0.2) is 15.0 Å². The highest BCUT2D eigenvalue weighted by Gasteiger charge is 2.21. The lowest BCUT2D eigenvalue weighted by molar-refractivity contribution is -0.143. The number of amides is 1. The van der Waals surface area contributed by atoms with Gasteiger partial charge in [-0.15, -0.1) is 11.3 Å². The lowest BCUT2D eigenvalue weighted by Gasteiger charge is -2.14. The predicted octanol–water partition coefficient (Wildman–Crippen LogP) is 4.49. The maximum atomic E-state index is 12.5. The van der Waals surface area contributed by atoms with Crippen molar-refractivity contribution < 1.29 is 14.3 Å². The molecule has 4 nitrogen and oxygen atoms in total. The Balaban J connectivity index is 1.92. The Morgan fingerprint density at radius 2 is 2.09 bits per heavy atom. The third-order valence-electron chi connectivity index (χ3n) is 3.71. The molecule has 0 radical (unpaired) electrons. The number of thiophene rings is 1. The van der Waals surface area contributed by atoms with Crippen LogP contribution in [0.1, 0.15) is 54.3 Å². The number of carbonyl (C=O) groups excluding carboxylic acids is 2. The van der Waals surface area contributed by atoms with Crippen LogP contribution in [0.2, 0.25) is 0 Å². The second kappa shape index (κ2) is 9.42. The third-order valence-corrected chi connectivity index (χ3v) is 5.42. The summed E-state index contributed by atoms with van der Waals surface area (Å²) in [6, 6.07) is 1.92. The summed E-state index contributed by atoms with van der Waals surface area (Å²) in [6.45, 7) is 3.99. The maximum Gasteiger partial charge on any atom is 0.305 e. The van der Waals surface area contributed by atoms with E-state index in [1.807, 2.05) is 23.3 Å². The molecule has 2 heterocycles. The summed E-state index contributed by atoms with van der Waals surface area (Å²) < 4.78 is 6.09. The molecule has 2 rings (SSSR count). The molecule has 0 bridgehead atoms. The van der Waals surface area contributed by atoms with Crippen molar-refractivity contribution in [2.75, 3.05) is 19.7 Å². The van der Waals surface area contributed by atoms with Gasteiger partial charge in [-0.3, -0.25) is 9.59 Å². The minimum absolute atomic E-state index is 0.141. The van der Waals surface area contributed by atoms with Crippen molar-refractivity contribution in [2.45, 2.75) is 39.0 Å². The summed E-state index contributed by atoms with van der Waals surface area (Å²) in [5.41, 5.74) is 0.802. The Bertz CT molecular complexity index is 576. The highest BCUT2D eigenvalue weighted by molar-refractivity contribution is 14.1. The van der Waals surface area contributed by atoms with Crippen molar-refractivity contribution in [2.24, 2.45) is 0 Å². The molecular formula is C17H22INO3S. The number of carbonyl (C=O) groups is 2. The van der Waals surface area contributed by atoms with Crippen LogP contribution in [0.4, 0.5) is 0 Å². The minimum Gasteiger partial charge on any atom is -0.466 e. The number of hydrogen-bond donors (Lipinski definition) is 0. The molecular weight excluding hydrogens is 425 g/mol. The topological polar surface area (TPSA) is 46.6 Å². The molecule has 0 atom stereocenters. The molecule has 1 aliphatic heterocycles. The normalized spacial score (nSPS) is 15.0. The lowest BCUT2D eigenvalue weighted by atomic mass is 10.2. The van der Waals surface area contributed by atoms with E-state index in [1.54, 1.807) is 11.3 Å². The molecule has 6 heteroatoms. The number of ether oxygens (including phenoxy) is 1. The number of rotatable bonds is 7. The summed E-state index contributed by atoms with van der Waals surface area (Å²) in [6.07, 6.45) is 6.32. The van der Waals surface area contributed by atoms with Crippen molar-refractivity contribution >= 4 is 51.9 Å². The summed E-state index contributed by atoms with van der Waals surface area (Å²) in [5, 5.41) is 1.97. The van der Waals surface area contributed by atoms with E-state index in [4.69, 9.17) is 4.74 Å². The van der Waals surface area contributed by atoms with E-state index in [1.165, 1.54) is 0 Å². The van der Waals surface area contributed by atoms with Crippen LogP contribution in [0.25, 0.3) is 6.08 Å². The fraction of sp³-hybridized carbons (Fsp3) is 0.529. The van der Waals surface area contributed by atoms with E-state index < -0.39 is 0 Å². The van der Waals surface area contributed by atoms with Gasteiger partial charge < -0.3 is 9.64 Å². The van der Waals surface area contributed by atoms with Crippen molar-refractivity contribution in [3.63, 3.8) is 0 Å². The highest BCUT2D eigenvalue weighted by atomic mass is 127. The third kappa shape index (κ3) is 5.60. The molecule has 1 fully saturated rings. The van der Waals surface area contributed by atoms with Gasteiger partial charge in [0.2, 0.25) is 0 Å².